The third kappa shape index (κ3) is 5.62. The van der Waals surface area contributed by atoms with Crippen molar-refractivity contribution in [2.24, 2.45) is 0 Å². The van der Waals surface area contributed by atoms with E-state index in [0.717, 1.165) is 5.69 Å². The Morgan fingerprint density at radius 2 is 1.72 bits per heavy atom. The van der Waals surface area contributed by atoms with E-state index in [1.54, 1.807) is 18.3 Å². The van der Waals surface area contributed by atoms with Crippen molar-refractivity contribution in [1.29, 1.82) is 0 Å². The fourth-order valence-corrected chi connectivity index (χ4v) is 2.58. The quantitative estimate of drug-likeness (QED) is 0.645. The molecular formula is C22H22N4O3. The molecule has 0 aliphatic rings. The lowest BCUT2D eigenvalue weighted by Gasteiger charge is -2.14. The number of carbonyl (C=O) groups excluding carboxylic acids is 2. The zero-order valence-electron chi connectivity index (χ0n) is 16.3. The summed E-state index contributed by atoms with van der Waals surface area (Å²) in [6.45, 7) is 4.11. The van der Waals surface area contributed by atoms with Crippen molar-refractivity contribution < 1.29 is 14.3 Å². The summed E-state index contributed by atoms with van der Waals surface area (Å²) in [5, 5.41) is 5.58. The molecule has 1 aromatic carbocycles. The second-order valence-electron chi connectivity index (χ2n) is 6.58. The van der Waals surface area contributed by atoms with E-state index in [-0.39, 0.29) is 30.0 Å². The summed E-state index contributed by atoms with van der Waals surface area (Å²) in [4.78, 5) is 33.2. The molecule has 3 aromatic rings. The molecule has 0 spiro atoms. The number of para-hydroxylation sites is 2. The summed E-state index contributed by atoms with van der Waals surface area (Å²) in [5.74, 6) is -0.133. The van der Waals surface area contributed by atoms with Crippen LogP contribution in [-0.2, 0) is 6.54 Å². The van der Waals surface area contributed by atoms with Gasteiger partial charge < -0.3 is 15.4 Å². The summed E-state index contributed by atoms with van der Waals surface area (Å²) in [6, 6.07) is 14.2. The number of pyridine rings is 2. The Bertz CT molecular complexity index is 990. The Kier molecular flexibility index (Phi) is 6.52. The fourth-order valence-electron chi connectivity index (χ4n) is 2.58. The van der Waals surface area contributed by atoms with Gasteiger partial charge >= 0.3 is 0 Å². The first-order valence-corrected chi connectivity index (χ1v) is 9.23. The van der Waals surface area contributed by atoms with Gasteiger partial charge in [-0.15, -0.1) is 0 Å². The molecule has 0 aliphatic carbocycles. The molecule has 7 heteroatoms. The second kappa shape index (κ2) is 9.45. The van der Waals surface area contributed by atoms with Crippen LogP contribution in [0.4, 0.5) is 5.69 Å². The minimum Gasteiger partial charge on any atom is -0.489 e. The zero-order chi connectivity index (χ0) is 20.6. The lowest BCUT2D eigenvalue weighted by atomic mass is 10.1. The van der Waals surface area contributed by atoms with E-state index in [2.05, 4.69) is 20.6 Å². The van der Waals surface area contributed by atoms with Crippen LogP contribution in [0.15, 0.2) is 67.1 Å². The van der Waals surface area contributed by atoms with Crippen LogP contribution in [0.1, 0.15) is 40.3 Å². The minimum atomic E-state index is -0.378. The molecule has 7 nitrogen and oxygen atoms in total. The van der Waals surface area contributed by atoms with Crippen molar-refractivity contribution in [2.45, 2.75) is 26.5 Å². The Morgan fingerprint density at radius 1 is 1.00 bits per heavy atom. The number of amides is 2. The second-order valence-corrected chi connectivity index (χ2v) is 6.58. The predicted octanol–water partition coefficient (Wildman–Crippen LogP) is 3.45. The van der Waals surface area contributed by atoms with E-state index in [4.69, 9.17) is 4.74 Å². The summed E-state index contributed by atoms with van der Waals surface area (Å²) in [6.07, 6.45) is 4.47. The van der Waals surface area contributed by atoms with E-state index >= 15 is 0 Å². The van der Waals surface area contributed by atoms with Crippen molar-refractivity contribution in [1.82, 2.24) is 15.3 Å². The number of aromatic nitrogens is 2. The van der Waals surface area contributed by atoms with Crippen molar-refractivity contribution in [2.75, 3.05) is 5.32 Å². The maximum absolute atomic E-state index is 12.7. The summed E-state index contributed by atoms with van der Waals surface area (Å²) in [7, 11) is 0. The molecule has 0 radical (unpaired) electrons. The van der Waals surface area contributed by atoms with Gasteiger partial charge in [-0.1, -0.05) is 18.2 Å². The van der Waals surface area contributed by atoms with Gasteiger partial charge in [0.05, 0.1) is 35.2 Å². The molecule has 0 unspecified atom stereocenters. The Labute approximate surface area is 169 Å². The molecule has 2 heterocycles. The number of benzene rings is 1. The first kappa shape index (κ1) is 20.0. The van der Waals surface area contributed by atoms with Gasteiger partial charge in [-0.2, -0.15) is 0 Å². The number of rotatable bonds is 7. The monoisotopic (exact) mass is 390 g/mol. The van der Waals surface area contributed by atoms with Crippen LogP contribution >= 0.6 is 0 Å². The van der Waals surface area contributed by atoms with E-state index in [1.807, 2.05) is 44.2 Å². The average Bonchev–Trinajstić information content (AvgIpc) is 2.74. The van der Waals surface area contributed by atoms with Crippen LogP contribution in [0, 0.1) is 0 Å². The largest absolute Gasteiger partial charge is 0.489 e. The topological polar surface area (TPSA) is 93.2 Å². The van der Waals surface area contributed by atoms with Crippen LogP contribution in [0.3, 0.4) is 0 Å². The van der Waals surface area contributed by atoms with Gasteiger partial charge in [0.1, 0.15) is 5.75 Å². The normalized spacial score (nSPS) is 10.4. The lowest BCUT2D eigenvalue weighted by Crippen LogP contribution is -2.24. The van der Waals surface area contributed by atoms with Crippen molar-refractivity contribution in [3.05, 3.63) is 83.9 Å². The molecule has 29 heavy (non-hydrogen) atoms. The van der Waals surface area contributed by atoms with Crippen molar-refractivity contribution in [3.63, 3.8) is 0 Å². The number of nitrogens with zero attached hydrogens (tertiary/aromatic N) is 2. The smallest absolute Gasteiger partial charge is 0.257 e. The molecule has 3 rings (SSSR count). The third-order valence-electron chi connectivity index (χ3n) is 3.92. The van der Waals surface area contributed by atoms with E-state index in [1.165, 1.54) is 18.5 Å². The van der Waals surface area contributed by atoms with Crippen LogP contribution in [0.5, 0.6) is 5.75 Å². The van der Waals surface area contributed by atoms with Crippen LogP contribution in [0.2, 0.25) is 0 Å². The molecule has 2 amide bonds. The number of ether oxygens (including phenoxy) is 1. The summed E-state index contributed by atoms with van der Waals surface area (Å²) >= 11 is 0. The molecule has 0 atom stereocenters. The van der Waals surface area contributed by atoms with Crippen LogP contribution in [-0.4, -0.2) is 27.9 Å². The number of anilines is 1. The third-order valence-corrected chi connectivity index (χ3v) is 3.92. The van der Waals surface area contributed by atoms with Gasteiger partial charge in [0.2, 0.25) is 0 Å². The number of hydrogen-bond donors (Lipinski definition) is 2. The molecule has 0 fully saturated rings. The first-order chi connectivity index (χ1) is 14.0. The molecule has 0 saturated carbocycles. The van der Waals surface area contributed by atoms with Gasteiger partial charge in [0.15, 0.2) is 0 Å². The maximum atomic E-state index is 12.7. The molecule has 2 N–H and O–H groups in total. The maximum Gasteiger partial charge on any atom is 0.257 e. The average molecular weight is 390 g/mol. The molecule has 0 saturated heterocycles. The standard InChI is InChI=1S/C22H22N4O3/c1-15(2)29-20-9-4-3-8-19(20)26-22(28)17-11-16(12-23-13-17)21(27)25-14-18-7-5-6-10-24-18/h3-13,15H,14H2,1-2H3,(H,25,27)(H,26,28). The minimum absolute atomic E-state index is 0.0270. The molecule has 148 valence electrons. The predicted molar refractivity (Wildman–Crippen MR) is 110 cm³/mol. The number of nitrogens with one attached hydrogen (secondary N) is 2. The van der Waals surface area contributed by atoms with Gasteiger partial charge in [0, 0.05) is 18.6 Å². The number of hydrogen-bond acceptors (Lipinski definition) is 5. The SMILES string of the molecule is CC(C)Oc1ccccc1NC(=O)c1cncc(C(=O)NCc2ccccn2)c1. The van der Waals surface area contributed by atoms with Crippen LogP contribution in [0.25, 0.3) is 0 Å². The van der Waals surface area contributed by atoms with Gasteiger partial charge in [-0.3, -0.25) is 19.6 Å². The molecule has 0 aliphatic heterocycles. The highest BCUT2D eigenvalue weighted by atomic mass is 16.5. The van der Waals surface area contributed by atoms with E-state index < -0.39 is 0 Å². The molecule has 2 aromatic heterocycles. The van der Waals surface area contributed by atoms with Gasteiger partial charge in [0.25, 0.3) is 11.8 Å². The van der Waals surface area contributed by atoms with E-state index in [0.29, 0.717) is 17.0 Å². The number of carbonyl (C=O) groups is 2. The lowest BCUT2D eigenvalue weighted by molar-refractivity contribution is 0.0950. The Balaban J connectivity index is 1.69. The highest BCUT2D eigenvalue weighted by Crippen LogP contribution is 2.25. The van der Waals surface area contributed by atoms with Crippen molar-refractivity contribution >= 4 is 17.5 Å². The highest BCUT2D eigenvalue weighted by Gasteiger charge is 2.14. The Hall–Kier alpha value is -3.74. The van der Waals surface area contributed by atoms with Crippen molar-refractivity contribution in [3.8, 4) is 5.75 Å². The molecular weight excluding hydrogens is 368 g/mol. The summed E-state index contributed by atoms with van der Waals surface area (Å²) in [5.41, 5.74) is 1.86. The Morgan fingerprint density at radius 3 is 2.45 bits per heavy atom. The van der Waals surface area contributed by atoms with Gasteiger partial charge in [-0.05, 0) is 44.2 Å². The first-order valence-electron chi connectivity index (χ1n) is 9.23. The van der Waals surface area contributed by atoms with Gasteiger partial charge in [-0.25, -0.2) is 0 Å². The highest BCUT2D eigenvalue weighted by molar-refractivity contribution is 6.06. The fraction of sp³-hybridized carbons (Fsp3) is 0.182. The summed E-state index contributed by atoms with van der Waals surface area (Å²) < 4.78 is 5.72. The van der Waals surface area contributed by atoms with E-state index in [9.17, 15) is 9.59 Å². The molecule has 0 bridgehead atoms. The van der Waals surface area contributed by atoms with Crippen LogP contribution < -0.4 is 15.4 Å². The zero-order valence-corrected chi connectivity index (χ0v) is 16.3.